The highest BCUT2D eigenvalue weighted by molar-refractivity contribution is 5.82. The second-order valence-corrected chi connectivity index (χ2v) is 6.10. The van der Waals surface area contributed by atoms with E-state index in [-0.39, 0.29) is 0 Å². The molecular formula is C16H20F3NO10. The molecule has 1 fully saturated rings. The summed E-state index contributed by atoms with van der Waals surface area (Å²) in [5.41, 5.74) is 0. The summed E-state index contributed by atoms with van der Waals surface area (Å²) in [5, 5.41) is 1.52. The van der Waals surface area contributed by atoms with E-state index >= 15 is 0 Å². The fourth-order valence-corrected chi connectivity index (χ4v) is 2.55. The molecule has 14 heteroatoms. The molecule has 1 heterocycles. The third-order valence-electron chi connectivity index (χ3n) is 3.54. The van der Waals surface area contributed by atoms with Gasteiger partial charge in [0, 0.05) is 27.7 Å². The fraction of sp³-hybridized carbons (Fsp3) is 0.688. The van der Waals surface area contributed by atoms with E-state index in [4.69, 9.17) is 23.7 Å². The Morgan fingerprint density at radius 1 is 0.833 bits per heavy atom. The van der Waals surface area contributed by atoms with Gasteiger partial charge in [0.05, 0.1) is 0 Å². The van der Waals surface area contributed by atoms with Crippen molar-refractivity contribution in [3.8, 4) is 0 Å². The largest absolute Gasteiger partial charge is 0.471 e. The lowest BCUT2D eigenvalue weighted by Crippen LogP contribution is -2.67. The standard InChI is InChI=1S/C16H20F3NO10/c1-6(21)26-5-10-12(27-7(2)22)13(28-8(3)23)11(14(30-10)29-9(4)24)20-15(25)16(17,18)19/h10-14H,5H2,1-4H3,(H,20,25)/t10-,11-,12+,13-,14?/m1/s1. The molecule has 0 aromatic rings. The Morgan fingerprint density at radius 2 is 1.33 bits per heavy atom. The van der Waals surface area contributed by atoms with Crippen molar-refractivity contribution < 1.29 is 60.8 Å². The summed E-state index contributed by atoms with van der Waals surface area (Å²) in [4.78, 5) is 57.0. The Morgan fingerprint density at radius 3 is 1.77 bits per heavy atom. The molecule has 0 aromatic carbocycles. The first-order valence-electron chi connectivity index (χ1n) is 8.40. The van der Waals surface area contributed by atoms with Gasteiger partial charge in [-0.25, -0.2) is 0 Å². The summed E-state index contributed by atoms with van der Waals surface area (Å²) in [6.07, 6.45) is -12.0. The van der Waals surface area contributed by atoms with Crippen molar-refractivity contribution in [2.45, 2.75) is 64.5 Å². The molecule has 170 valence electrons. The molecule has 1 N–H and O–H groups in total. The number of amides is 1. The van der Waals surface area contributed by atoms with Gasteiger partial charge in [0.25, 0.3) is 0 Å². The molecule has 1 aliphatic rings. The molecule has 0 aromatic heterocycles. The van der Waals surface area contributed by atoms with Crippen LogP contribution in [0.25, 0.3) is 0 Å². The summed E-state index contributed by atoms with van der Waals surface area (Å²) in [6.45, 7) is 3.22. The Labute approximate surface area is 168 Å². The van der Waals surface area contributed by atoms with E-state index in [0.717, 1.165) is 27.7 Å². The lowest BCUT2D eigenvalue weighted by Gasteiger charge is -2.44. The Hall–Kier alpha value is -2.90. The van der Waals surface area contributed by atoms with Gasteiger partial charge < -0.3 is 29.0 Å². The molecule has 0 bridgehead atoms. The molecule has 0 radical (unpaired) electrons. The van der Waals surface area contributed by atoms with Gasteiger partial charge in [0.15, 0.2) is 12.2 Å². The summed E-state index contributed by atoms with van der Waals surface area (Å²) >= 11 is 0. The van der Waals surface area contributed by atoms with Crippen molar-refractivity contribution >= 4 is 29.8 Å². The highest BCUT2D eigenvalue weighted by Gasteiger charge is 2.54. The zero-order valence-corrected chi connectivity index (χ0v) is 16.3. The maximum absolute atomic E-state index is 12.8. The van der Waals surface area contributed by atoms with Crippen LogP contribution in [-0.2, 0) is 47.7 Å². The first kappa shape index (κ1) is 25.1. The molecule has 30 heavy (non-hydrogen) atoms. The van der Waals surface area contributed by atoms with Crippen LogP contribution >= 0.6 is 0 Å². The van der Waals surface area contributed by atoms with Gasteiger partial charge in [-0.05, 0) is 0 Å². The number of rotatable bonds is 6. The summed E-state index contributed by atoms with van der Waals surface area (Å²) in [6, 6.07) is -1.91. The van der Waals surface area contributed by atoms with Gasteiger partial charge >= 0.3 is 36.0 Å². The Bertz CT molecular complexity index is 695. The van der Waals surface area contributed by atoms with E-state index in [9.17, 15) is 37.1 Å². The Kier molecular flexibility index (Phi) is 8.57. The predicted molar refractivity (Wildman–Crippen MR) is 86.2 cm³/mol. The van der Waals surface area contributed by atoms with Gasteiger partial charge in [-0.3, -0.25) is 24.0 Å². The van der Waals surface area contributed by atoms with Gasteiger partial charge in [0.1, 0.15) is 18.8 Å². The number of hydrogen-bond donors (Lipinski definition) is 1. The topological polar surface area (TPSA) is 144 Å². The average Bonchev–Trinajstić information content (AvgIpc) is 2.56. The molecule has 0 spiro atoms. The number of esters is 4. The van der Waals surface area contributed by atoms with Crippen LogP contribution in [0.15, 0.2) is 0 Å². The number of alkyl halides is 3. The normalized spacial score (nSPS) is 26.2. The first-order valence-corrected chi connectivity index (χ1v) is 8.40. The highest BCUT2D eigenvalue weighted by atomic mass is 19.4. The van der Waals surface area contributed by atoms with E-state index in [2.05, 4.69) is 0 Å². The second-order valence-electron chi connectivity index (χ2n) is 6.10. The zero-order valence-electron chi connectivity index (χ0n) is 16.3. The van der Waals surface area contributed by atoms with Crippen LogP contribution in [0.2, 0.25) is 0 Å². The summed E-state index contributed by atoms with van der Waals surface area (Å²) < 4.78 is 63.2. The van der Waals surface area contributed by atoms with Crippen molar-refractivity contribution in [2.75, 3.05) is 6.61 Å². The van der Waals surface area contributed by atoms with E-state index in [0.29, 0.717) is 0 Å². The molecular weight excluding hydrogens is 423 g/mol. The smallest absolute Gasteiger partial charge is 0.463 e. The highest BCUT2D eigenvalue weighted by Crippen LogP contribution is 2.29. The molecule has 1 unspecified atom stereocenters. The van der Waals surface area contributed by atoms with Gasteiger partial charge in [-0.15, -0.1) is 0 Å². The first-order chi connectivity index (χ1) is 13.7. The van der Waals surface area contributed by atoms with Gasteiger partial charge in [-0.1, -0.05) is 0 Å². The van der Waals surface area contributed by atoms with Crippen molar-refractivity contribution in [1.29, 1.82) is 0 Å². The fourth-order valence-electron chi connectivity index (χ4n) is 2.55. The predicted octanol–water partition coefficient (Wildman–Crippen LogP) is -0.252. The quantitative estimate of drug-likeness (QED) is 0.431. The van der Waals surface area contributed by atoms with Crippen molar-refractivity contribution in [3.05, 3.63) is 0 Å². The van der Waals surface area contributed by atoms with Crippen LogP contribution in [0.5, 0.6) is 0 Å². The lowest BCUT2D eigenvalue weighted by atomic mass is 9.96. The molecule has 0 saturated carbocycles. The van der Waals surface area contributed by atoms with Crippen LogP contribution in [-0.4, -0.2) is 73.2 Å². The second kappa shape index (κ2) is 10.2. The number of carbonyl (C=O) groups is 5. The monoisotopic (exact) mass is 443 g/mol. The molecule has 1 saturated heterocycles. The van der Waals surface area contributed by atoms with E-state index in [1.165, 1.54) is 5.32 Å². The maximum atomic E-state index is 12.8. The number of halogens is 3. The molecule has 1 rings (SSSR count). The van der Waals surface area contributed by atoms with Crippen LogP contribution in [0, 0.1) is 0 Å². The SMILES string of the molecule is CC(=O)OC[C@H]1OC(OC(C)=O)[C@H](NC(=O)C(F)(F)F)[C@@H](OC(C)=O)[C@H]1OC(C)=O. The van der Waals surface area contributed by atoms with Crippen LogP contribution in [0.1, 0.15) is 27.7 Å². The Balaban J connectivity index is 3.39. The zero-order chi connectivity index (χ0) is 23.2. The van der Waals surface area contributed by atoms with Crippen LogP contribution in [0.4, 0.5) is 13.2 Å². The minimum Gasteiger partial charge on any atom is -0.463 e. The van der Waals surface area contributed by atoms with Crippen molar-refractivity contribution in [2.24, 2.45) is 0 Å². The minimum atomic E-state index is -5.34. The number of ether oxygens (including phenoxy) is 5. The maximum Gasteiger partial charge on any atom is 0.471 e. The number of carbonyl (C=O) groups excluding carboxylic acids is 5. The molecule has 5 atom stereocenters. The summed E-state index contributed by atoms with van der Waals surface area (Å²) in [5.74, 6) is -6.20. The number of nitrogens with one attached hydrogen (secondary N) is 1. The van der Waals surface area contributed by atoms with E-state index in [1.54, 1.807) is 0 Å². The van der Waals surface area contributed by atoms with Gasteiger partial charge in [0.2, 0.25) is 6.29 Å². The average molecular weight is 443 g/mol. The van der Waals surface area contributed by atoms with E-state index in [1.807, 2.05) is 0 Å². The molecule has 11 nitrogen and oxygen atoms in total. The molecule has 0 aliphatic carbocycles. The van der Waals surface area contributed by atoms with Crippen LogP contribution < -0.4 is 5.32 Å². The third kappa shape index (κ3) is 7.50. The van der Waals surface area contributed by atoms with Crippen molar-refractivity contribution in [3.63, 3.8) is 0 Å². The summed E-state index contributed by atoms with van der Waals surface area (Å²) in [7, 11) is 0. The van der Waals surface area contributed by atoms with Gasteiger partial charge in [-0.2, -0.15) is 13.2 Å². The third-order valence-corrected chi connectivity index (χ3v) is 3.54. The molecule has 1 aliphatic heterocycles. The van der Waals surface area contributed by atoms with Crippen molar-refractivity contribution in [1.82, 2.24) is 5.32 Å². The number of hydrogen-bond acceptors (Lipinski definition) is 10. The lowest BCUT2D eigenvalue weighted by molar-refractivity contribution is -0.272. The molecule has 1 amide bonds. The minimum absolute atomic E-state index is 0.594. The van der Waals surface area contributed by atoms with E-state index < -0.39 is 73.2 Å². The van der Waals surface area contributed by atoms with Crippen LogP contribution in [0.3, 0.4) is 0 Å².